The molecule has 4 aliphatic carbocycles. The second kappa shape index (κ2) is 7.77. The van der Waals surface area contributed by atoms with E-state index in [-0.39, 0.29) is 0 Å². The van der Waals surface area contributed by atoms with Gasteiger partial charge in [0.25, 0.3) is 0 Å². The molecule has 28 heavy (non-hydrogen) atoms. The summed E-state index contributed by atoms with van der Waals surface area (Å²) >= 11 is 0. The van der Waals surface area contributed by atoms with Crippen molar-refractivity contribution in [2.75, 3.05) is 0 Å². The summed E-state index contributed by atoms with van der Waals surface area (Å²) in [7, 11) is 0. The van der Waals surface area contributed by atoms with Crippen LogP contribution in [0.15, 0.2) is 11.6 Å². The van der Waals surface area contributed by atoms with Crippen LogP contribution in [0.25, 0.3) is 0 Å². The van der Waals surface area contributed by atoms with Gasteiger partial charge < -0.3 is 0 Å². The quantitative estimate of drug-likeness (QED) is 0.416. The van der Waals surface area contributed by atoms with E-state index >= 15 is 0 Å². The zero-order valence-electron chi connectivity index (χ0n) is 19.9. The molecule has 3 fully saturated rings. The summed E-state index contributed by atoms with van der Waals surface area (Å²) in [5.41, 5.74) is 3.06. The highest BCUT2D eigenvalue weighted by Crippen LogP contribution is 2.67. The van der Waals surface area contributed by atoms with Gasteiger partial charge >= 0.3 is 0 Å². The van der Waals surface area contributed by atoms with Gasteiger partial charge in [0, 0.05) is 0 Å². The van der Waals surface area contributed by atoms with E-state index in [1.54, 1.807) is 0 Å². The first-order valence-corrected chi connectivity index (χ1v) is 12.9. The third-order valence-electron chi connectivity index (χ3n) is 10.6. The van der Waals surface area contributed by atoms with Crippen molar-refractivity contribution < 1.29 is 0 Å². The van der Waals surface area contributed by atoms with Crippen LogP contribution in [0.5, 0.6) is 0 Å². The first-order valence-electron chi connectivity index (χ1n) is 12.9. The predicted octanol–water partition coefficient (Wildman–Crippen LogP) is 8.66. The minimum atomic E-state index is 0.553. The Hall–Kier alpha value is -0.260. The van der Waals surface area contributed by atoms with E-state index in [1.165, 1.54) is 70.6 Å². The molecule has 8 atom stereocenters. The largest absolute Gasteiger partial charge is 0.0845 e. The van der Waals surface area contributed by atoms with Gasteiger partial charge in [-0.05, 0) is 104 Å². The van der Waals surface area contributed by atoms with Crippen molar-refractivity contribution in [3.8, 4) is 0 Å². The zero-order valence-corrected chi connectivity index (χ0v) is 19.9. The standard InChI is InChI=1S/C28H48/c1-19(2)8-7-9-21(4)24-12-13-25-23-11-10-22-18-20(3)14-16-27(22,5)26(23)15-17-28(24,25)6/h10,19-21,23-26H,7-9,11-18H2,1-6H3/t20-,21+,23?,24?,25?,26?,27-,28+/m0/s1. The molecule has 0 amide bonds. The Bertz CT molecular complexity index is 585. The third kappa shape index (κ3) is 3.43. The Balaban J connectivity index is 1.49. The second-order valence-corrected chi connectivity index (χ2v) is 12.6. The molecule has 0 aromatic heterocycles. The number of hydrogen-bond acceptors (Lipinski definition) is 0. The van der Waals surface area contributed by atoms with Gasteiger partial charge in [-0.2, -0.15) is 0 Å². The fourth-order valence-electron chi connectivity index (χ4n) is 8.87. The van der Waals surface area contributed by atoms with Crippen molar-refractivity contribution in [2.45, 2.75) is 112 Å². The number of hydrogen-bond donors (Lipinski definition) is 0. The number of allylic oxidation sites excluding steroid dienone is 2. The molecule has 3 saturated carbocycles. The summed E-state index contributed by atoms with van der Waals surface area (Å²) in [6.07, 6.45) is 19.0. The van der Waals surface area contributed by atoms with Crippen molar-refractivity contribution in [3.05, 3.63) is 11.6 Å². The molecule has 0 aliphatic heterocycles. The Morgan fingerprint density at radius 2 is 1.75 bits per heavy atom. The van der Waals surface area contributed by atoms with Gasteiger partial charge in [0.15, 0.2) is 0 Å². The molecule has 0 aromatic rings. The van der Waals surface area contributed by atoms with E-state index in [9.17, 15) is 0 Å². The van der Waals surface area contributed by atoms with Crippen LogP contribution < -0.4 is 0 Å². The number of rotatable bonds is 5. The molecule has 4 rings (SSSR count). The Morgan fingerprint density at radius 1 is 0.964 bits per heavy atom. The molecular weight excluding hydrogens is 336 g/mol. The Morgan fingerprint density at radius 3 is 2.50 bits per heavy atom. The van der Waals surface area contributed by atoms with Crippen LogP contribution in [-0.2, 0) is 0 Å². The Kier molecular flexibility index (Phi) is 5.83. The van der Waals surface area contributed by atoms with Crippen molar-refractivity contribution in [1.82, 2.24) is 0 Å². The topological polar surface area (TPSA) is 0 Å². The minimum Gasteiger partial charge on any atom is -0.0845 e. The lowest BCUT2D eigenvalue weighted by atomic mass is 9.46. The molecule has 0 radical (unpaired) electrons. The molecule has 0 aromatic carbocycles. The second-order valence-electron chi connectivity index (χ2n) is 12.6. The van der Waals surface area contributed by atoms with Crippen molar-refractivity contribution in [2.24, 2.45) is 52.3 Å². The van der Waals surface area contributed by atoms with Gasteiger partial charge in [-0.25, -0.2) is 0 Å². The van der Waals surface area contributed by atoms with E-state index in [2.05, 4.69) is 47.6 Å². The molecular formula is C28H48. The van der Waals surface area contributed by atoms with E-state index in [0.29, 0.717) is 10.8 Å². The SMILES string of the molecule is CC(C)CCC[C@@H](C)C1CCC2C3CC=C4C[C@@H](C)CC[C@]4(C)C3CC[C@@]21C. The maximum absolute atomic E-state index is 2.75. The molecule has 4 unspecified atom stereocenters. The van der Waals surface area contributed by atoms with Crippen LogP contribution in [0.3, 0.4) is 0 Å². The lowest BCUT2D eigenvalue weighted by Crippen LogP contribution is -2.50. The van der Waals surface area contributed by atoms with Gasteiger partial charge in [0.05, 0.1) is 0 Å². The third-order valence-corrected chi connectivity index (χ3v) is 10.6. The van der Waals surface area contributed by atoms with Gasteiger partial charge in [0.1, 0.15) is 0 Å². The average molecular weight is 385 g/mol. The lowest BCUT2D eigenvalue weighted by molar-refractivity contribution is -0.0523. The van der Waals surface area contributed by atoms with E-state index in [4.69, 9.17) is 0 Å². The average Bonchev–Trinajstić information content (AvgIpc) is 2.99. The zero-order chi connectivity index (χ0) is 20.1. The van der Waals surface area contributed by atoms with E-state index < -0.39 is 0 Å². The van der Waals surface area contributed by atoms with Gasteiger partial charge in [-0.1, -0.05) is 72.5 Å². The fraction of sp³-hybridized carbons (Fsp3) is 0.929. The van der Waals surface area contributed by atoms with E-state index in [1.807, 2.05) is 5.57 Å². The van der Waals surface area contributed by atoms with Crippen molar-refractivity contribution in [3.63, 3.8) is 0 Å². The highest BCUT2D eigenvalue weighted by atomic mass is 14.6. The van der Waals surface area contributed by atoms with Gasteiger partial charge in [-0.15, -0.1) is 0 Å². The smallest absolute Gasteiger partial charge is 0.00851 e. The molecule has 0 heteroatoms. The first kappa shape index (κ1) is 21.0. The van der Waals surface area contributed by atoms with Crippen molar-refractivity contribution >= 4 is 0 Å². The summed E-state index contributed by atoms with van der Waals surface area (Å²) in [5, 5.41) is 0. The van der Waals surface area contributed by atoms with Crippen LogP contribution >= 0.6 is 0 Å². The minimum absolute atomic E-state index is 0.553. The van der Waals surface area contributed by atoms with Gasteiger partial charge in [0.2, 0.25) is 0 Å². The first-order chi connectivity index (χ1) is 13.3. The van der Waals surface area contributed by atoms with Crippen LogP contribution in [0.2, 0.25) is 0 Å². The van der Waals surface area contributed by atoms with Crippen LogP contribution in [0.1, 0.15) is 112 Å². The molecule has 0 N–H and O–H groups in total. The highest BCUT2D eigenvalue weighted by Gasteiger charge is 2.58. The summed E-state index contributed by atoms with van der Waals surface area (Å²) in [6, 6.07) is 0. The number of fused-ring (bicyclic) bond motifs is 5. The fourth-order valence-corrected chi connectivity index (χ4v) is 8.87. The maximum Gasteiger partial charge on any atom is -0.00851 e. The van der Waals surface area contributed by atoms with Crippen LogP contribution in [0, 0.1) is 52.3 Å². The Labute approximate surface area is 176 Å². The molecule has 0 spiro atoms. The summed E-state index contributed by atoms with van der Waals surface area (Å²) in [5.74, 6) is 6.73. The monoisotopic (exact) mass is 384 g/mol. The normalized spacial score (nSPS) is 46.5. The molecule has 0 nitrogen and oxygen atoms in total. The molecule has 0 saturated heterocycles. The highest BCUT2D eigenvalue weighted by molar-refractivity contribution is 5.25. The molecule has 0 heterocycles. The summed E-state index contributed by atoms with van der Waals surface area (Å²) in [6.45, 7) is 15.3. The summed E-state index contributed by atoms with van der Waals surface area (Å²) in [4.78, 5) is 0. The van der Waals surface area contributed by atoms with Crippen LogP contribution in [-0.4, -0.2) is 0 Å². The predicted molar refractivity (Wildman–Crippen MR) is 122 cm³/mol. The van der Waals surface area contributed by atoms with Crippen LogP contribution in [0.4, 0.5) is 0 Å². The van der Waals surface area contributed by atoms with E-state index in [0.717, 1.165) is 41.4 Å². The summed E-state index contributed by atoms with van der Waals surface area (Å²) < 4.78 is 0. The molecule has 160 valence electrons. The molecule has 0 bridgehead atoms. The maximum atomic E-state index is 2.75. The van der Waals surface area contributed by atoms with Gasteiger partial charge in [-0.3, -0.25) is 0 Å². The molecule has 4 aliphatic rings. The van der Waals surface area contributed by atoms with Crippen molar-refractivity contribution in [1.29, 1.82) is 0 Å². The lowest BCUT2D eigenvalue weighted by Gasteiger charge is -2.58.